The van der Waals surface area contributed by atoms with Crippen molar-refractivity contribution >= 4 is 34.8 Å². The number of ether oxygens (including phenoxy) is 2. The molecule has 3 amide bonds. The highest BCUT2D eigenvalue weighted by molar-refractivity contribution is 6.06. The molecule has 0 unspecified atom stereocenters. The third-order valence-electron chi connectivity index (χ3n) is 4.89. The van der Waals surface area contributed by atoms with Gasteiger partial charge in [0.2, 0.25) is 5.91 Å². The second-order valence-corrected chi connectivity index (χ2v) is 7.04. The number of carbonyl (C=O) groups is 3. The fourth-order valence-electron chi connectivity index (χ4n) is 3.25. The Kier molecular flexibility index (Phi) is 6.03. The molecule has 0 spiro atoms. The largest absolute Gasteiger partial charge is 0.497 e. The van der Waals surface area contributed by atoms with E-state index in [2.05, 4.69) is 10.6 Å². The summed E-state index contributed by atoms with van der Waals surface area (Å²) in [5.41, 5.74) is 2.16. The van der Waals surface area contributed by atoms with Crippen molar-refractivity contribution in [2.24, 2.45) is 0 Å². The highest BCUT2D eigenvalue weighted by atomic mass is 16.5. The van der Waals surface area contributed by atoms with Gasteiger partial charge in [-0.3, -0.25) is 19.3 Å². The van der Waals surface area contributed by atoms with Gasteiger partial charge in [0.15, 0.2) is 6.61 Å². The van der Waals surface area contributed by atoms with Crippen molar-refractivity contribution in [3.8, 4) is 11.5 Å². The Morgan fingerprint density at radius 1 is 0.938 bits per heavy atom. The third-order valence-corrected chi connectivity index (χ3v) is 4.89. The van der Waals surface area contributed by atoms with Crippen LogP contribution in [0.15, 0.2) is 72.8 Å². The number of anilines is 3. The summed E-state index contributed by atoms with van der Waals surface area (Å²) in [6, 6.07) is 20.6. The van der Waals surface area contributed by atoms with Gasteiger partial charge in [-0.05, 0) is 60.7 Å². The number of amides is 3. The molecule has 4 rings (SSSR count). The molecule has 1 aliphatic heterocycles. The third kappa shape index (κ3) is 4.70. The van der Waals surface area contributed by atoms with Crippen molar-refractivity contribution in [1.29, 1.82) is 0 Å². The molecular formula is C24H21N3O5. The summed E-state index contributed by atoms with van der Waals surface area (Å²) in [5.74, 6) is 0.343. The maximum Gasteiger partial charge on any atom is 0.265 e. The summed E-state index contributed by atoms with van der Waals surface area (Å²) in [4.78, 5) is 38.6. The van der Waals surface area contributed by atoms with Crippen molar-refractivity contribution in [1.82, 2.24) is 0 Å². The first-order valence-corrected chi connectivity index (χ1v) is 9.91. The fraction of sp³-hybridized carbons (Fsp3) is 0.125. The molecular weight excluding hydrogens is 410 g/mol. The van der Waals surface area contributed by atoms with Gasteiger partial charge < -0.3 is 20.1 Å². The van der Waals surface area contributed by atoms with Crippen LogP contribution in [0.5, 0.6) is 11.5 Å². The maximum absolute atomic E-state index is 12.5. The maximum atomic E-state index is 12.5. The van der Waals surface area contributed by atoms with E-state index in [0.717, 1.165) is 0 Å². The number of carbonyl (C=O) groups excluding carboxylic acids is 3. The number of methoxy groups -OCH3 is 1. The van der Waals surface area contributed by atoms with Crippen LogP contribution in [-0.4, -0.2) is 38.0 Å². The minimum Gasteiger partial charge on any atom is -0.497 e. The molecule has 0 fully saturated rings. The Labute approximate surface area is 184 Å². The first kappa shape index (κ1) is 20.9. The summed E-state index contributed by atoms with van der Waals surface area (Å²) in [5, 5.41) is 5.55. The molecule has 0 saturated carbocycles. The molecule has 1 heterocycles. The Hall–Kier alpha value is -4.33. The van der Waals surface area contributed by atoms with Crippen LogP contribution in [0.4, 0.5) is 17.1 Å². The molecule has 0 radical (unpaired) electrons. The van der Waals surface area contributed by atoms with Crippen molar-refractivity contribution in [3.63, 3.8) is 0 Å². The molecule has 0 aliphatic carbocycles. The lowest BCUT2D eigenvalue weighted by Gasteiger charge is -2.28. The normalized spacial score (nSPS) is 12.4. The van der Waals surface area contributed by atoms with E-state index in [4.69, 9.17) is 9.47 Å². The summed E-state index contributed by atoms with van der Waals surface area (Å²) >= 11 is 0. The van der Waals surface area contributed by atoms with E-state index < -0.39 is 0 Å². The molecule has 0 bridgehead atoms. The van der Waals surface area contributed by atoms with E-state index in [1.807, 2.05) is 0 Å². The Bertz CT molecular complexity index is 1140. The van der Waals surface area contributed by atoms with E-state index >= 15 is 0 Å². The molecule has 3 aromatic carbocycles. The van der Waals surface area contributed by atoms with Crippen LogP contribution in [-0.2, 0) is 9.59 Å². The van der Waals surface area contributed by atoms with Crippen LogP contribution in [0.3, 0.4) is 0 Å². The molecule has 32 heavy (non-hydrogen) atoms. The zero-order valence-electron chi connectivity index (χ0n) is 17.3. The summed E-state index contributed by atoms with van der Waals surface area (Å²) in [6.45, 7) is -0.249. The smallest absolute Gasteiger partial charge is 0.265 e. The van der Waals surface area contributed by atoms with Gasteiger partial charge in [0.05, 0.1) is 12.8 Å². The number of nitrogens with zero attached hydrogens (tertiary/aromatic N) is 1. The van der Waals surface area contributed by atoms with E-state index in [1.54, 1.807) is 79.9 Å². The standard InChI is InChI=1S/C24H21N3O5/c1-31-19-12-10-18(11-13-19)26-24(30)16-6-8-17(9-7-16)25-22(28)14-27-20-4-2-3-5-21(20)32-15-23(27)29/h2-13H,14-15H2,1H3,(H,25,28)(H,26,30). The van der Waals surface area contributed by atoms with E-state index in [9.17, 15) is 14.4 Å². The van der Waals surface area contributed by atoms with Gasteiger partial charge in [0.1, 0.15) is 18.0 Å². The van der Waals surface area contributed by atoms with E-state index in [1.165, 1.54) is 4.90 Å². The lowest BCUT2D eigenvalue weighted by atomic mass is 10.2. The highest BCUT2D eigenvalue weighted by Gasteiger charge is 2.26. The second kappa shape index (κ2) is 9.22. The molecule has 2 N–H and O–H groups in total. The number of hydrogen-bond donors (Lipinski definition) is 2. The average Bonchev–Trinajstić information content (AvgIpc) is 2.82. The minimum absolute atomic E-state index is 0.109. The van der Waals surface area contributed by atoms with Gasteiger partial charge in [-0.2, -0.15) is 0 Å². The number of fused-ring (bicyclic) bond motifs is 1. The van der Waals surface area contributed by atoms with E-state index in [0.29, 0.717) is 34.1 Å². The van der Waals surface area contributed by atoms with Crippen molar-refractivity contribution in [3.05, 3.63) is 78.4 Å². The van der Waals surface area contributed by atoms with Crippen LogP contribution in [0, 0.1) is 0 Å². The van der Waals surface area contributed by atoms with Crippen LogP contribution < -0.4 is 25.0 Å². The first-order chi connectivity index (χ1) is 15.5. The lowest BCUT2D eigenvalue weighted by molar-refractivity contribution is -0.123. The van der Waals surface area contributed by atoms with Gasteiger partial charge in [-0.1, -0.05) is 12.1 Å². The first-order valence-electron chi connectivity index (χ1n) is 9.91. The Morgan fingerprint density at radius 3 is 2.31 bits per heavy atom. The van der Waals surface area contributed by atoms with Gasteiger partial charge in [0, 0.05) is 16.9 Å². The predicted molar refractivity (Wildman–Crippen MR) is 120 cm³/mol. The van der Waals surface area contributed by atoms with Gasteiger partial charge in [-0.25, -0.2) is 0 Å². The zero-order valence-corrected chi connectivity index (χ0v) is 17.3. The summed E-state index contributed by atoms with van der Waals surface area (Å²) < 4.78 is 10.5. The molecule has 8 heteroatoms. The number of nitrogens with one attached hydrogen (secondary N) is 2. The topological polar surface area (TPSA) is 97.0 Å². The van der Waals surface area contributed by atoms with Crippen molar-refractivity contribution < 1.29 is 23.9 Å². The van der Waals surface area contributed by atoms with Crippen LogP contribution in [0.2, 0.25) is 0 Å². The molecule has 3 aromatic rings. The van der Waals surface area contributed by atoms with Gasteiger partial charge >= 0.3 is 0 Å². The quantitative estimate of drug-likeness (QED) is 0.624. The summed E-state index contributed by atoms with van der Waals surface area (Å²) in [6.07, 6.45) is 0. The second-order valence-electron chi connectivity index (χ2n) is 7.04. The van der Waals surface area contributed by atoms with Gasteiger partial charge in [-0.15, -0.1) is 0 Å². The highest BCUT2D eigenvalue weighted by Crippen LogP contribution is 2.31. The lowest BCUT2D eigenvalue weighted by Crippen LogP contribution is -2.43. The number of rotatable bonds is 6. The minimum atomic E-state index is -0.356. The molecule has 162 valence electrons. The zero-order chi connectivity index (χ0) is 22.5. The van der Waals surface area contributed by atoms with E-state index in [-0.39, 0.29) is 30.9 Å². The Balaban J connectivity index is 1.36. The van der Waals surface area contributed by atoms with Gasteiger partial charge in [0.25, 0.3) is 11.8 Å². The monoisotopic (exact) mass is 431 g/mol. The summed E-state index contributed by atoms with van der Waals surface area (Å²) in [7, 11) is 1.58. The molecule has 0 saturated heterocycles. The molecule has 8 nitrogen and oxygen atoms in total. The number of para-hydroxylation sites is 2. The van der Waals surface area contributed by atoms with Crippen molar-refractivity contribution in [2.75, 3.05) is 35.8 Å². The SMILES string of the molecule is COc1ccc(NC(=O)c2ccc(NC(=O)CN3C(=O)COc4ccccc43)cc2)cc1. The molecule has 1 aliphatic rings. The fourth-order valence-corrected chi connectivity index (χ4v) is 3.25. The van der Waals surface area contributed by atoms with Crippen LogP contribution in [0.1, 0.15) is 10.4 Å². The van der Waals surface area contributed by atoms with Crippen molar-refractivity contribution in [2.45, 2.75) is 0 Å². The number of hydrogen-bond acceptors (Lipinski definition) is 5. The van der Waals surface area contributed by atoms with Crippen LogP contribution >= 0.6 is 0 Å². The van der Waals surface area contributed by atoms with Crippen LogP contribution in [0.25, 0.3) is 0 Å². The number of benzene rings is 3. The molecule has 0 atom stereocenters. The molecule has 0 aromatic heterocycles. The average molecular weight is 431 g/mol. The Morgan fingerprint density at radius 2 is 1.59 bits per heavy atom. The predicted octanol–water partition coefficient (Wildman–Crippen LogP) is 3.31.